The van der Waals surface area contributed by atoms with Gasteiger partial charge >= 0.3 is 0 Å². The van der Waals surface area contributed by atoms with E-state index in [-0.39, 0.29) is 12.1 Å². The van der Waals surface area contributed by atoms with E-state index in [1.165, 1.54) is 4.88 Å². The summed E-state index contributed by atoms with van der Waals surface area (Å²) >= 11 is 8.58. The van der Waals surface area contributed by atoms with Crippen molar-refractivity contribution in [3.05, 3.63) is 19.2 Å². The first-order valence-corrected chi connectivity index (χ1v) is 6.64. The molecular weight excluding hydrogens is 330 g/mol. The molecule has 0 unspecified atom stereocenters. The zero-order chi connectivity index (χ0) is 10.8. The van der Waals surface area contributed by atoms with Gasteiger partial charge in [0.1, 0.15) is 0 Å². The predicted octanol–water partition coefficient (Wildman–Crippen LogP) is 3.13. The highest BCUT2D eigenvalue weighted by Gasteiger charge is 2.15. The predicted molar refractivity (Wildman–Crippen MR) is 67.7 cm³/mol. The Hall–Kier alpha value is 0.580. The van der Waals surface area contributed by atoms with Gasteiger partial charge in [-0.15, -0.1) is 11.3 Å². The standard InChI is InChI=1S/C9H13Br2NOS/c1-9(2,5-13)12-4-6-3-7(10)8(11)14-6/h3,12-13H,4-5H2,1-2H3. The number of rotatable bonds is 4. The van der Waals surface area contributed by atoms with Crippen molar-refractivity contribution in [1.29, 1.82) is 0 Å². The molecule has 0 bridgehead atoms. The van der Waals surface area contributed by atoms with Crippen molar-refractivity contribution >= 4 is 43.2 Å². The molecule has 0 amide bonds. The van der Waals surface area contributed by atoms with Crippen LogP contribution in [0.15, 0.2) is 14.3 Å². The molecule has 0 fully saturated rings. The molecule has 1 aromatic rings. The zero-order valence-electron chi connectivity index (χ0n) is 8.10. The SMILES string of the molecule is CC(C)(CO)NCc1cc(Br)c(Br)s1. The molecule has 1 heterocycles. The van der Waals surface area contributed by atoms with Gasteiger partial charge in [0.2, 0.25) is 0 Å². The van der Waals surface area contributed by atoms with Gasteiger partial charge in [0.15, 0.2) is 0 Å². The first-order chi connectivity index (χ1) is 6.44. The zero-order valence-corrected chi connectivity index (χ0v) is 12.1. The van der Waals surface area contributed by atoms with Crippen LogP contribution < -0.4 is 5.32 Å². The van der Waals surface area contributed by atoms with Crippen LogP contribution in [0.25, 0.3) is 0 Å². The van der Waals surface area contributed by atoms with Crippen LogP contribution in [-0.4, -0.2) is 17.3 Å². The lowest BCUT2D eigenvalue weighted by atomic mass is 10.1. The molecule has 0 spiro atoms. The van der Waals surface area contributed by atoms with Gasteiger partial charge in [-0.3, -0.25) is 0 Å². The number of thiophene rings is 1. The molecule has 0 aliphatic rings. The van der Waals surface area contributed by atoms with Crippen molar-refractivity contribution in [2.24, 2.45) is 0 Å². The number of hydrogen-bond acceptors (Lipinski definition) is 3. The molecule has 5 heteroatoms. The quantitative estimate of drug-likeness (QED) is 0.881. The van der Waals surface area contributed by atoms with E-state index in [1.54, 1.807) is 11.3 Å². The highest BCUT2D eigenvalue weighted by atomic mass is 79.9. The van der Waals surface area contributed by atoms with E-state index in [9.17, 15) is 0 Å². The summed E-state index contributed by atoms with van der Waals surface area (Å²) in [6, 6.07) is 2.08. The van der Waals surface area contributed by atoms with Crippen molar-refractivity contribution in [3.63, 3.8) is 0 Å². The summed E-state index contributed by atoms with van der Waals surface area (Å²) in [5.41, 5.74) is -0.219. The van der Waals surface area contributed by atoms with E-state index in [0.717, 1.165) is 14.8 Å². The summed E-state index contributed by atoms with van der Waals surface area (Å²) in [5.74, 6) is 0. The highest BCUT2D eigenvalue weighted by Crippen LogP contribution is 2.32. The highest BCUT2D eigenvalue weighted by molar-refractivity contribution is 9.13. The third-order valence-electron chi connectivity index (χ3n) is 1.83. The Morgan fingerprint density at radius 1 is 1.50 bits per heavy atom. The third-order valence-corrected chi connectivity index (χ3v) is 5.09. The second kappa shape index (κ2) is 5.07. The second-order valence-electron chi connectivity index (χ2n) is 3.73. The van der Waals surface area contributed by atoms with Gasteiger partial charge in [0.05, 0.1) is 10.4 Å². The fourth-order valence-electron chi connectivity index (χ4n) is 0.861. The average Bonchev–Trinajstić information content (AvgIpc) is 2.44. The number of aliphatic hydroxyl groups excluding tert-OH is 1. The summed E-state index contributed by atoms with van der Waals surface area (Å²) in [6.45, 7) is 4.87. The van der Waals surface area contributed by atoms with E-state index in [0.29, 0.717) is 0 Å². The lowest BCUT2D eigenvalue weighted by Crippen LogP contribution is -2.41. The van der Waals surface area contributed by atoms with Crippen molar-refractivity contribution < 1.29 is 5.11 Å². The van der Waals surface area contributed by atoms with Crippen LogP contribution in [0, 0.1) is 0 Å². The van der Waals surface area contributed by atoms with Gasteiger partial charge < -0.3 is 10.4 Å². The van der Waals surface area contributed by atoms with Gasteiger partial charge in [0.25, 0.3) is 0 Å². The molecule has 80 valence electrons. The molecule has 1 aromatic heterocycles. The van der Waals surface area contributed by atoms with E-state index in [2.05, 4.69) is 43.2 Å². The van der Waals surface area contributed by atoms with E-state index < -0.39 is 0 Å². The molecule has 0 radical (unpaired) electrons. The Morgan fingerprint density at radius 2 is 2.14 bits per heavy atom. The lowest BCUT2D eigenvalue weighted by molar-refractivity contribution is 0.187. The van der Waals surface area contributed by atoms with Gasteiger partial charge in [-0.1, -0.05) is 0 Å². The van der Waals surface area contributed by atoms with E-state index in [4.69, 9.17) is 5.11 Å². The summed E-state index contributed by atoms with van der Waals surface area (Å²) in [4.78, 5) is 1.24. The van der Waals surface area contributed by atoms with Crippen LogP contribution in [0.2, 0.25) is 0 Å². The van der Waals surface area contributed by atoms with Crippen LogP contribution in [0.5, 0.6) is 0 Å². The van der Waals surface area contributed by atoms with Crippen molar-refractivity contribution in [2.75, 3.05) is 6.61 Å². The van der Waals surface area contributed by atoms with Crippen LogP contribution in [0.4, 0.5) is 0 Å². The van der Waals surface area contributed by atoms with E-state index in [1.807, 2.05) is 13.8 Å². The minimum atomic E-state index is -0.219. The summed E-state index contributed by atoms with van der Waals surface area (Å²) in [6.07, 6.45) is 0. The van der Waals surface area contributed by atoms with Crippen LogP contribution in [0.3, 0.4) is 0 Å². The molecule has 0 saturated heterocycles. The first-order valence-electron chi connectivity index (χ1n) is 4.24. The smallest absolute Gasteiger partial charge is 0.0843 e. The van der Waals surface area contributed by atoms with Crippen molar-refractivity contribution in [1.82, 2.24) is 5.32 Å². The maximum absolute atomic E-state index is 9.05. The van der Waals surface area contributed by atoms with Crippen LogP contribution >= 0.6 is 43.2 Å². The Morgan fingerprint density at radius 3 is 2.57 bits per heavy atom. The number of hydrogen-bond donors (Lipinski definition) is 2. The Bertz CT molecular complexity index is 292. The maximum atomic E-state index is 9.05. The third kappa shape index (κ3) is 3.62. The van der Waals surface area contributed by atoms with Crippen molar-refractivity contribution in [2.45, 2.75) is 25.9 Å². The van der Waals surface area contributed by atoms with Gasteiger partial charge in [-0.25, -0.2) is 0 Å². The number of aliphatic hydroxyl groups is 1. The fourth-order valence-corrected chi connectivity index (χ4v) is 2.98. The fraction of sp³-hybridized carbons (Fsp3) is 0.556. The Labute approximate surface area is 105 Å². The largest absolute Gasteiger partial charge is 0.394 e. The second-order valence-corrected chi connectivity index (χ2v) is 7.04. The monoisotopic (exact) mass is 341 g/mol. The average molecular weight is 343 g/mol. The molecule has 2 N–H and O–H groups in total. The molecular formula is C9H13Br2NOS. The molecule has 0 aliphatic carbocycles. The number of halogens is 2. The van der Waals surface area contributed by atoms with E-state index >= 15 is 0 Å². The number of nitrogens with one attached hydrogen (secondary N) is 1. The summed E-state index contributed by atoms with van der Waals surface area (Å²) < 4.78 is 2.19. The van der Waals surface area contributed by atoms with Gasteiger partial charge in [0, 0.05) is 21.4 Å². The molecule has 14 heavy (non-hydrogen) atoms. The minimum Gasteiger partial charge on any atom is -0.394 e. The topological polar surface area (TPSA) is 32.3 Å². The molecule has 0 aliphatic heterocycles. The summed E-state index contributed by atoms with van der Waals surface area (Å²) in [5, 5.41) is 12.3. The molecule has 0 aromatic carbocycles. The van der Waals surface area contributed by atoms with Crippen LogP contribution in [-0.2, 0) is 6.54 Å². The maximum Gasteiger partial charge on any atom is 0.0843 e. The molecule has 0 saturated carbocycles. The normalized spacial score (nSPS) is 12.1. The van der Waals surface area contributed by atoms with Gasteiger partial charge in [-0.05, 0) is 51.8 Å². The molecule has 1 rings (SSSR count). The Balaban J connectivity index is 2.54. The van der Waals surface area contributed by atoms with Crippen LogP contribution in [0.1, 0.15) is 18.7 Å². The van der Waals surface area contributed by atoms with Crippen molar-refractivity contribution in [3.8, 4) is 0 Å². The lowest BCUT2D eigenvalue weighted by Gasteiger charge is -2.22. The summed E-state index contributed by atoms with van der Waals surface area (Å²) in [7, 11) is 0. The first kappa shape index (κ1) is 12.6. The minimum absolute atomic E-state index is 0.140. The molecule has 2 nitrogen and oxygen atoms in total. The molecule has 0 atom stereocenters. The van der Waals surface area contributed by atoms with Gasteiger partial charge in [-0.2, -0.15) is 0 Å². The Kier molecular flexibility index (Phi) is 4.58.